The van der Waals surface area contributed by atoms with Gasteiger partial charge in [0.1, 0.15) is 27.7 Å². The number of primary amides is 1. The van der Waals surface area contributed by atoms with Gasteiger partial charge in [0.2, 0.25) is 17.7 Å². The quantitative estimate of drug-likeness (QED) is 0.119. The number of hydrogen-bond acceptors (Lipinski definition) is 10. The zero-order valence-corrected chi connectivity index (χ0v) is 29.1. The maximum atomic E-state index is 13.7. The summed E-state index contributed by atoms with van der Waals surface area (Å²) in [7, 11) is -3.81. The van der Waals surface area contributed by atoms with Gasteiger partial charge < -0.3 is 36.4 Å². The number of rotatable bonds is 17. The molecule has 0 aromatic heterocycles. The lowest BCUT2D eigenvalue weighted by Crippen LogP contribution is -2.59. The van der Waals surface area contributed by atoms with Gasteiger partial charge in [-0.25, -0.2) is 8.42 Å². The average Bonchev–Trinajstić information content (AvgIpc) is 3.58. The van der Waals surface area contributed by atoms with Crippen LogP contribution in [0.2, 0.25) is 0 Å². The highest BCUT2D eigenvalue weighted by Gasteiger charge is 2.40. The second kappa shape index (κ2) is 17.8. The average molecular weight is 728 g/mol. The molecule has 0 bridgehead atoms. The van der Waals surface area contributed by atoms with Gasteiger partial charge in [0.05, 0.1) is 17.7 Å². The van der Waals surface area contributed by atoms with Crippen LogP contribution in [0.15, 0.2) is 72.8 Å². The van der Waals surface area contributed by atoms with Crippen LogP contribution in [0, 0.1) is 0 Å². The maximum absolute atomic E-state index is 13.7. The lowest BCUT2D eigenvalue weighted by molar-refractivity contribution is -0.146. The third kappa shape index (κ3) is 11.2. The lowest BCUT2D eigenvalue weighted by Gasteiger charge is -2.30. The molecule has 4 atom stereocenters. The number of ether oxygens (including phenoxy) is 1. The van der Waals surface area contributed by atoms with Crippen molar-refractivity contribution in [3.05, 3.63) is 78.4 Å². The number of carbonyl (C=O) groups is 5. The van der Waals surface area contributed by atoms with Crippen LogP contribution in [-0.2, 0) is 40.2 Å². The van der Waals surface area contributed by atoms with Crippen molar-refractivity contribution in [1.82, 2.24) is 20.9 Å². The Balaban J connectivity index is 1.48. The van der Waals surface area contributed by atoms with Crippen LogP contribution >= 0.6 is 11.8 Å². The molecule has 0 spiro atoms. The highest BCUT2D eigenvalue weighted by atomic mass is 32.2. The van der Waals surface area contributed by atoms with E-state index >= 15 is 0 Å². The largest absolute Gasteiger partial charge is 0.483 e. The Labute approximate surface area is 294 Å². The fraction of sp³-hybridized carbons (Fsp3) is 0.382. The van der Waals surface area contributed by atoms with Gasteiger partial charge in [-0.05, 0) is 29.9 Å². The molecule has 6 N–H and O–H groups in total. The number of benzene rings is 3. The minimum Gasteiger partial charge on any atom is -0.483 e. The second-order valence-corrected chi connectivity index (χ2v) is 15.1. The molecular weight excluding hydrogens is 687 g/mol. The van der Waals surface area contributed by atoms with E-state index in [9.17, 15) is 37.5 Å². The number of sulfone groups is 1. The normalized spacial score (nSPS) is 16.2. The summed E-state index contributed by atoms with van der Waals surface area (Å²) in [5.41, 5.74) is 5.80. The third-order valence-electron chi connectivity index (χ3n) is 7.86. The molecule has 14 nitrogen and oxygen atoms in total. The number of nitrogens with two attached hydrogens (primary N) is 1. The van der Waals surface area contributed by atoms with Crippen molar-refractivity contribution < 1.29 is 42.2 Å². The van der Waals surface area contributed by atoms with E-state index in [-0.39, 0.29) is 31.0 Å². The fourth-order valence-electron chi connectivity index (χ4n) is 5.39. The van der Waals surface area contributed by atoms with E-state index in [1.54, 1.807) is 42.5 Å². The topological polar surface area (TPSA) is 214 Å². The molecule has 0 unspecified atom stereocenters. The van der Waals surface area contributed by atoms with Gasteiger partial charge in [-0.3, -0.25) is 24.0 Å². The van der Waals surface area contributed by atoms with E-state index in [1.165, 1.54) is 16.7 Å². The monoisotopic (exact) mass is 727 g/mol. The summed E-state index contributed by atoms with van der Waals surface area (Å²) in [5, 5.41) is 20.7. The van der Waals surface area contributed by atoms with Crippen LogP contribution in [0.5, 0.6) is 5.75 Å². The van der Waals surface area contributed by atoms with Crippen LogP contribution in [0.1, 0.15) is 18.4 Å². The Bertz CT molecular complexity index is 1790. The Morgan fingerprint density at radius 1 is 1.00 bits per heavy atom. The number of aliphatic hydroxyl groups excluding tert-OH is 1. The van der Waals surface area contributed by atoms with Crippen LogP contribution < -0.4 is 26.4 Å². The summed E-state index contributed by atoms with van der Waals surface area (Å²) in [4.78, 5) is 65.4. The van der Waals surface area contributed by atoms with E-state index in [2.05, 4.69) is 16.0 Å². The van der Waals surface area contributed by atoms with Crippen molar-refractivity contribution in [1.29, 1.82) is 0 Å². The van der Waals surface area contributed by atoms with E-state index in [0.717, 1.165) is 17.0 Å². The van der Waals surface area contributed by atoms with Crippen molar-refractivity contribution in [2.75, 3.05) is 36.8 Å². The van der Waals surface area contributed by atoms with Crippen molar-refractivity contribution in [3.8, 4) is 5.75 Å². The minimum absolute atomic E-state index is 0.0335. The van der Waals surface area contributed by atoms with E-state index in [0.29, 0.717) is 17.7 Å². The molecule has 1 fully saturated rings. The maximum Gasteiger partial charge on any atom is 0.258 e. The molecule has 1 saturated heterocycles. The molecule has 3 aromatic carbocycles. The van der Waals surface area contributed by atoms with E-state index in [4.69, 9.17) is 10.5 Å². The molecular formula is C34H41N5O9S2. The van der Waals surface area contributed by atoms with Crippen molar-refractivity contribution in [2.24, 2.45) is 5.73 Å². The van der Waals surface area contributed by atoms with Crippen LogP contribution in [0.4, 0.5) is 0 Å². The Morgan fingerprint density at radius 3 is 2.42 bits per heavy atom. The first-order valence-electron chi connectivity index (χ1n) is 15.9. The number of nitrogens with zero attached hydrogens (tertiary/aromatic N) is 1. The number of fused-ring (bicyclic) bond motifs is 1. The zero-order chi connectivity index (χ0) is 36.3. The summed E-state index contributed by atoms with van der Waals surface area (Å²) in [5.74, 6) is -3.48. The summed E-state index contributed by atoms with van der Waals surface area (Å²) in [6.07, 6.45) is -0.555. The number of amides is 5. The first-order chi connectivity index (χ1) is 23.8. The molecule has 1 aliphatic heterocycles. The number of nitrogens with one attached hydrogen (secondary N) is 3. The van der Waals surface area contributed by atoms with E-state index in [1.807, 2.05) is 30.3 Å². The standard InChI is InChI=1S/C34H41N5O9S2/c1-50(46,47)20-26(37-30(41)18-48-28-14-7-12-23-11-5-6-13-24(23)28)32(43)38-25(17-22-9-3-2-4-10-22)31(42)34(45)39-21-49-19-27(39)33(44)36-16-8-15-29(35)40/h2-7,9-14,25-27,31,42H,8,15-21H2,1H3,(H2,35,40)(H,36,44)(H,37,41)(H,38,43)/t25-,26-,27-,31-/m0/s1. The Kier molecular flexibility index (Phi) is 13.6. The van der Waals surface area contributed by atoms with Gasteiger partial charge in [-0.1, -0.05) is 66.7 Å². The fourth-order valence-corrected chi connectivity index (χ4v) is 7.39. The smallest absolute Gasteiger partial charge is 0.258 e. The molecule has 3 aromatic rings. The van der Waals surface area contributed by atoms with Crippen LogP contribution in [-0.4, -0.2) is 109 Å². The van der Waals surface area contributed by atoms with Gasteiger partial charge >= 0.3 is 0 Å². The number of carbonyl (C=O) groups excluding carboxylic acids is 5. The Morgan fingerprint density at radius 2 is 1.70 bits per heavy atom. The van der Waals surface area contributed by atoms with Gasteiger partial charge in [-0.15, -0.1) is 11.8 Å². The van der Waals surface area contributed by atoms with Crippen molar-refractivity contribution >= 4 is 61.9 Å². The molecule has 16 heteroatoms. The minimum atomic E-state index is -3.81. The molecule has 50 heavy (non-hydrogen) atoms. The van der Waals surface area contributed by atoms with Gasteiger partial charge in [0.25, 0.3) is 11.8 Å². The van der Waals surface area contributed by atoms with Crippen LogP contribution in [0.3, 0.4) is 0 Å². The first kappa shape index (κ1) is 38.1. The molecule has 0 radical (unpaired) electrons. The predicted molar refractivity (Wildman–Crippen MR) is 189 cm³/mol. The molecule has 1 heterocycles. The first-order valence-corrected chi connectivity index (χ1v) is 19.1. The summed E-state index contributed by atoms with van der Waals surface area (Å²) >= 11 is 1.31. The molecule has 4 rings (SSSR count). The molecule has 0 saturated carbocycles. The van der Waals surface area contributed by atoms with Gasteiger partial charge in [0, 0.05) is 30.4 Å². The molecule has 268 valence electrons. The lowest BCUT2D eigenvalue weighted by atomic mass is 9.99. The highest BCUT2D eigenvalue weighted by molar-refractivity contribution is 7.99. The second-order valence-electron chi connectivity index (χ2n) is 11.9. The summed E-state index contributed by atoms with van der Waals surface area (Å²) in [6.45, 7) is -0.352. The molecule has 5 amide bonds. The van der Waals surface area contributed by atoms with E-state index < -0.39 is 76.0 Å². The molecule has 0 aliphatic carbocycles. The SMILES string of the molecule is CS(=O)(=O)C[C@H](NC(=O)COc1cccc2ccccc12)C(=O)N[C@@H](Cc1ccccc1)[C@H](O)C(=O)N1CSC[C@H]1C(=O)NCCCC(N)=O. The van der Waals surface area contributed by atoms with Gasteiger partial charge in [-0.2, -0.15) is 0 Å². The number of aliphatic hydroxyl groups is 1. The molecule has 1 aliphatic rings. The van der Waals surface area contributed by atoms with Crippen molar-refractivity contribution in [3.63, 3.8) is 0 Å². The highest BCUT2D eigenvalue weighted by Crippen LogP contribution is 2.25. The zero-order valence-electron chi connectivity index (χ0n) is 27.4. The summed E-state index contributed by atoms with van der Waals surface area (Å²) < 4.78 is 30.4. The number of thioether (sulfide) groups is 1. The third-order valence-corrected chi connectivity index (χ3v) is 9.81. The Hall–Kier alpha value is -4.67. The van der Waals surface area contributed by atoms with Crippen molar-refractivity contribution in [2.45, 2.75) is 43.5 Å². The number of hydrogen-bond donors (Lipinski definition) is 5. The van der Waals surface area contributed by atoms with Gasteiger partial charge in [0.15, 0.2) is 12.7 Å². The van der Waals surface area contributed by atoms with Crippen LogP contribution in [0.25, 0.3) is 10.8 Å². The predicted octanol–water partition coefficient (Wildman–Crippen LogP) is 0.120. The summed E-state index contributed by atoms with van der Waals surface area (Å²) in [6, 6.07) is 17.6.